The summed E-state index contributed by atoms with van der Waals surface area (Å²) in [5.74, 6) is 1.18. The Bertz CT molecular complexity index is 1230. The largest absolute Gasteiger partial charge is 0.438 e. The van der Waals surface area contributed by atoms with E-state index in [-0.39, 0.29) is 11.8 Å². The molecule has 11 heteroatoms. The Morgan fingerprint density at radius 2 is 1.76 bits per heavy atom. The lowest BCUT2D eigenvalue weighted by Crippen LogP contribution is -2.40. The molecule has 1 amide bonds. The van der Waals surface area contributed by atoms with Crippen LogP contribution in [0.4, 0.5) is 5.69 Å². The highest BCUT2D eigenvalue weighted by Crippen LogP contribution is 2.24. The minimum absolute atomic E-state index is 0.109. The second-order valence-corrected chi connectivity index (χ2v) is 10.1. The van der Waals surface area contributed by atoms with Crippen molar-refractivity contribution < 1.29 is 17.9 Å². The van der Waals surface area contributed by atoms with Crippen molar-refractivity contribution in [3.05, 3.63) is 53.9 Å². The van der Waals surface area contributed by atoms with Crippen LogP contribution >= 0.6 is 0 Å². The van der Waals surface area contributed by atoms with E-state index < -0.39 is 10.0 Å². The molecule has 2 aromatic heterocycles. The van der Waals surface area contributed by atoms with Crippen molar-refractivity contribution in [3.63, 3.8) is 0 Å². The number of rotatable bonds is 6. The summed E-state index contributed by atoms with van der Waals surface area (Å²) in [7, 11) is -3.21. The van der Waals surface area contributed by atoms with Gasteiger partial charge in [-0.05, 0) is 63.1 Å². The first-order chi connectivity index (χ1) is 15.7. The normalized spacial score (nSPS) is 15.4. The zero-order valence-corrected chi connectivity index (χ0v) is 19.5. The molecule has 174 valence electrons. The number of hydrogen-bond acceptors (Lipinski definition) is 7. The van der Waals surface area contributed by atoms with Crippen LogP contribution in [-0.4, -0.2) is 58.0 Å². The van der Waals surface area contributed by atoms with Gasteiger partial charge in [0.2, 0.25) is 21.8 Å². The molecule has 10 nitrogen and oxygen atoms in total. The van der Waals surface area contributed by atoms with Crippen LogP contribution in [0, 0.1) is 19.8 Å². The molecule has 0 atom stereocenters. The van der Waals surface area contributed by atoms with E-state index in [0.717, 1.165) is 11.4 Å². The summed E-state index contributed by atoms with van der Waals surface area (Å²) in [6.45, 7) is 4.60. The average Bonchev–Trinajstić information content (AvgIpc) is 3.13. The molecule has 0 saturated carbocycles. The van der Waals surface area contributed by atoms with Crippen molar-refractivity contribution in [1.29, 1.82) is 0 Å². The van der Waals surface area contributed by atoms with Crippen LogP contribution in [0.25, 0.3) is 5.82 Å². The van der Waals surface area contributed by atoms with Crippen molar-refractivity contribution in [3.8, 4) is 17.4 Å². The van der Waals surface area contributed by atoms with Gasteiger partial charge in [-0.25, -0.2) is 17.4 Å². The number of carbonyl (C=O) groups excluding carboxylic acids is 1. The van der Waals surface area contributed by atoms with Crippen molar-refractivity contribution in [2.75, 3.05) is 24.7 Å². The van der Waals surface area contributed by atoms with E-state index in [0.29, 0.717) is 49.1 Å². The zero-order valence-electron chi connectivity index (χ0n) is 18.7. The maximum absolute atomic E-state index is 12.5. The van der Waals surface area contributed by atoms with E-state index in [9.17, 15) is 13.2 Å². The van der Waals surface area contributed by atoms with Crippen molar-refractivity contribution >= 4 is 21.6 Å². The molecular formula is C22H26N6O4S. The summed E-state index contributed by atoms with van der Waals surface area (Å²) in [5, 5.41) is 15.6. The fourth-order valence-corrected chi connectivity index (χ4v) is 4.64. The number of anilines is 1. The highest BCUT2D eigenvalue weighted by atomic mass is 32.2. The van der Waals surface area contributed by atoms with E-state index in [2.05, 4.69) is 20.6 Å². The topological polar surface area (TPSA) is 119 Å². The number of carbonyl (C=O) groups is 1. The highest BCUT2D eigenvalue weighted by Gasteiger charge is 2.28. The predicted molar refractivity (Wildman–Crippen MR) is 123 cm³/mol. The van der Waals surface area contributed by atoms with Crippen LogP contribution in [0.15, 0.2) is 42.5 Å². The SMILES string of the molecule is Cc1cc(C)n(-c2ccc(Oc3ccc(NC(=O)C4CCN(S(C)(=O)=O)CC4)cc3)nn2)n1. The summed E-state index contributed by atoms with van der Waals surface area (Å²) in [5.41, 5.74) is 2.51. The summed E-state index contributed by atoms with van der Waals surface area (Å²) < 4.78 is 32.1. The van der Waals surface area contributed by atoms with Gasteiger partial charge in [0.05, 0.1) is 11.9 Å². The van der Waals surface area contributed by atoms with E-state index in [1.807, 2.05) is 19.9 Å². The number of benzene rings is 1. The number of ether oxygens (including phenoxy) is 1. The molecule has 1 aliphatic rings. The summed E-state index contributed by atoms with van der Waals surface area (Å²) in [6, 6.07) is 12.4. The Morgan fingerprint density at radius 1 is 1.06 bits per heavy atom. The first-order valence-corrected chi connectivity index (χ1v) is 12.4. The lowest BCUT2D eigenvalue weighted by Gasteiger charge is -2.29. The Kier molecular flexibility index (Phi) is 6.43. The van der Waals surface area contributed by atoms with Gasteiger partial charge in [-0.3, -0.25) is 4.79 Å². The van der Waals surface area contributed by atoms with Gasteiger partial charge >= 0.3 is 0 Å². The molecular weight excluding hydrogens is 444 g/mol. The molecule has 1 aromatic carbocycles. The third kappa shape index (κ3) is 5.55. The minimum Gasteiger partial charge on any atom is -0.438 e. The number of amides is 1. The Morgan fingerprint density at radius 3 is 2.30 bits per heavy atom. The van der Waals surface area contributed by atoms with Crippen LogP contribution < -0.4 is 10.1 Å². The number of nitrogens with one attached hydrogen (secondary N) is 1. The standard InChI is InChI=1S/C22H26N6O4S/c1-15-14-16(2)28(26-15)20-8-9-21(25-24-20)32-19-6-4-18(5-7-19)23-22(29)17-10-12-27(13-11-17)33(3,30)31/h4-9,14,17H,10-13H2,1-3H3,(H,23,29). The monoisotopic (exact) mass is 470 g/mol. The Hall–Kier alpha value is -3.31. The lowest BCUT2D eigenvalue weighted by atomic mass is 9.97. The zero-order chi connectivity index (χ0) is 23.6. The molecule has 1 saturated heterocycles. The molecule has 0 aliphatic carbocycles. The smallest absolute Gasteiger partial charge is 0.238 e. The van der Waals surface area contributed by atoms with Gasteiger partial charge in [0.25, 0.3) is 0 Å². The fourth-order valence-electron chi connectivity index (χ4n) is 3.76. The van der Waals surface area contributed by atoms with Crippen molar-refractivity contribution in [2.45, 2.75) is 26.7 Å². The molecule has 4 rings (SSSR count). The predicted octanol–water partition coefficient (Wildman–Crippen LogP) is 2.68. The maximum atomic E-state index is 12.5. The number of sulfonamides is 1. The number of hydrogen-bond donors (Lipinski definition) is 1. The van der Waals surface area contributed by atoms with E-state index in [1.165, 1.54) is 10.6 Å². The average molecular weight is 471 g/mol. The third-order valence-corrected chi connectivity index (χ3v) is 6.79. The summed E-state index contributed by atoms with van der Waals surface area (Å²) in [6.07, 6.45) is 2.21. The van der Waals surface area contributed by atoms with Gasteiger partial charge in [0.15, 0.2) is 5.82 Å². The molecule has 1 fully saturated rings. The number of piperidine rings is 1. The van der Waals surface area contributed by atoms with Crippen molar-refractivity contribution in [2.24, 2.45) is 5.92 Å². The first-order valence-electron chi connectivity index (χ1n) is 10.6. The van der Waals surface area contributed by atoms with E-state index in [4.69, 9.17) is 4.74 Å². The van der Waals surface area contributed by atoms with E-state index >= 15 is 0 Å². The molecule has 3 aromatic rings. The van der Waals surface area contributed by atoms with Gasteiger partial charge in [0.1, 0.15) is 5.75 Å². The molecule has 0 unspecified atom stereocenters. The van der Waals surface area contributed by atoms with Gasteiger partial charge in [-0.1, -0.05) is 0 Å². The minimum atomic E-state index is -3.21. The second kappa shape index (κ2) is 9.28. The second-order valence-electron chi connectivity index (χ2n) is 8.12. The number of nitrogens with zero attached hydrogens (tertiary/aromatic N) is 5. The first kappa shape index (κ1) is 22.9. The molecule has 0 radical (unpaired) electrons. The van der Waals surface area contributed by atoms with Crippen LogP contribution in [-0.2, 0) is 14.8 Å². The van der Waals surface area contributed by atoms with E-state index in [1.54, 1.807) is 41.1 Å². The highest BCUT2D eigenvalue weighted by molar-refractivity contribution is 7.88. The molecule has 0 bridgehead atoms. The molecule has 33 heavy (non-hydrogen) atoms. The lowest BCUT2D eigenvalue weighted by molar-refractivity contribution is -0.120. The summed E-state index contributed by atoms with van der Waals surface area (Å²) >= 11 is 0. The van der Waals surface area contributed by atoms with Gasteiger partial charge < -0.3 is 10.1 Å². The molecule has 3 heterocycles. The third-order valence-electron chi connectivity index (χ3n) is 5.49. The molecule has 1 N–H and O–H groups in total. The number of aromatic nitrogens is 4. The van der Waals surface area contributed by atoms with Gasteiger partial charge in [-0.2, -0.15) is 5.10 Å². The quantitative estimate of drug-likeness (QED) is 0.588. The van der Waals surface area contributed by atoms with Crippen LogP contribution in [0.3, 0.4) is 0 Å². The van der Waals surface area contributed by atoms with Gasteiger partial charge in [-0.15, -0.1) is 10.2 Å². The van der Waals surface area contributed by atoms with Crippen LogP contribution in [0.1, 0.15) is 24.2 Å². The van der Waals surface area contributed by atoms with Crippen LogP contribution in [0.5, 0.6) is 11.6 Å². The Labute approximate surface area is 192 Å². The molecule has 1 aliphatic heterocycles. The number of aryl methyl sites for hydroxylation is 2. The van der Waals surface area contributed by atoms with Crippen molar-refractivity contribution in [1.82, 2.24) is 24.3 Å². The fraction of sp³-hybridized carbons (Fsp3) is 0.364. The maximum Gasteiger partial charge on any atom is 0.238 e. The molecule has 0 spiro atoms. The Balaban J connectivity index is 1.32. The van der Waals surface area contributed by atoms with Crippen LogP contribution in [0.2, 0.25) is 0 Å². The summed E-state index contributed by atoms with van der Waals surface area (Å²) in [4.78, 5) is 12.5. The van der Waals surface area contributed by atoms with Gasteiger partial charge in [0, 0.05) is 36.5 Å².